The molecule has 0 saturated carbocycles. The molecular formula is C14H13ClN2O5S. The maximum absolute atomic E-state index is 12.4. The standard InChI is InChI=1S/C14H13ClN2O5S/c1-9-13(15)7-12(8-14(9)17(18)19)23(20,21)16-10-3-5-11(22-2)6-4-10/h3-8,16H,1-2H3. The van der Waals surface area contributed by atoms with Crippen LogP contribution in [-0.4, -0.2) is 20.5 Å². The number of sulfonamides is 1. The summed E-state index contributed by atoms with van der Waals surface area (Å²) in [6.07, 6.45) is 0. The first-order valence-electron chi connectivity index (χ1n) is 6.36. The number of halogens is 1. The normalized spacial score (nSPS) is 11.1. The Hall–Kier alpha value is -2.32. The van der Waals surface area contributed by atoms with Gasteiger partial charge in [0, 0.05) is 17.3 Å². The molecule has 0 amide bonds. The molecule has 2 aromatic rings. The Labute approximate surface area is 138 Å². The zero-order valence-electron chi connectivity index (χ0n) is 12.2. The second-order valence-corrected chi connectivity index (χ2v) is 6.73. The number of nitrogens with zero attached hydrogens (tertiary/aromatic N) is 1. The smallest absolute Gasteiger partial charge is 0.275 e. The minimum absolute atomic E-state index is 0.00862. The summed E-state index contributed by atoms with van der Waals surface area (Å²) in [4.78, 5) is 10.0. The van der Waals surface area contributed by atoms with Gasteiger partial charge in [-0.2, -0.15) is 0 Å². The number of ether oxygens (including phenoxy) is 1. The molecule has 0 aromatic heterocycles. The van der Waals surface area contributed by atoms with Crippen LogP contribution in [0, 0.1) is 17.0 Å². The van der Waals surface area contributed by atoms with E-state index in [-0.39, 0.29) is 21.2 Å². The highest BCUT2D eigenvalue weighted by Gasteiger charge is 2.22. The summed E-state index contributed by atoms with van der Waals surface area (Å²) in [7, 11) is -2.52. The lowest BCUT2D eigenvalue weighted by molar-refractivity contribution is -0.385. The van der Waals surface area contributed by atoms with Crippen LogP contribution in [0.1, 0.15) is 5.56 Å². The summed E-state index contributed by atoms with van der Waals surface area (Å²) in [5.41, 5.74) is 0.151. The molecule has 2 rings (SSSR count). The largest absolute Gasteiger partial charge is 0.497 e. The van der Waals surface area contributed by atoms with Crippen molar-refractivity contribution in [3.05, 3.63) is 57.1 Å². The topological polar surface area (TPSA) is 98.5 Å². The van der Waals surface area contributed by atoms with Gasteiger partial charge in [-0.1, -0.05) is 11.6 Å². The third-order valence-electron chi connectivity index (χ3n) is 3.14. The van der Waals surface area contributed by atoms with Gasteiger partial charge in [0.2, 0.25) is 0 Å². The summed E-state index contributed by atoms with van der Waals surface area (Å²) < 4.78 is 32.1. The van der Waals surface area contributed by atoms with Gasteiger partial charge < -0.3 is 4.74 Å². The van der Waals surface area contributed by atoms with Crippen molar-refractivity contribution in [2.75, 3.05) is 11.8 Å². The van der Waals surface area contributed by atoms with E-state index in [1.165, 1.54) is 32.2 Å². The molecule has 0 saturated heterocycles. The maximum Gasteiger partial charge on any atom is 0.275 e. The highest BCUT2D eigenvalue weighted by Crippen LogP contribution is 2.30. The lowest BCUT2D eigenvalue weighted by atomic mass is 10.2. The van der Waals surface area contributed by atoms with Crippen LogP contribution in [-0.2, 0) is 10.0 Å². The van der Waals surface area contributed by atoms with Gasteiger partial charge in [0.05, 0.1) is 22.0 Å². The highest BCUT2D eigenvalue weighted by molar-refractivity contribution is 7.92. The summed E-state index contributed by atoms with van der Waals surface area (Å²) in [6.45, 7) is 1.45. The SMILES string of the molecule is COc1ccc(NS(=O)(=O)c2cc(Cl)c(C)c([N+](=O)[O-])c2)cc1. The lowest BCUT2D eigenvalue weighted by Gasteiger charge is -2.10. The molecule has 122 valence electrons. The van der Waals surface area contributed by atoms with Crippen molar-refractivity contribution in [1.29, 1.82) is 0 Å². The fourth-order valence-corrected chi connectivity index (χ4v) is 3.24. The van der Waals surface area contributed by atoms with Crippen LogP contribution in [0.3, 0.4) is 0 Å². The molecule has 2 aromatic carbocycles. The maximum atomic E-state index is 12.4. The van der Waals surface area contributed by atoms with E-state index in [1.54, 1.807) is 12.1 Å². The number of nitrogens with one attached hydrogen (secondary N) is 1. The molecule has 0 fully saturated rings. The molecule has 0 unspecified atom stereocenters. The van der Waals surface area contributed by atoms with Gasteiger partial charge in [0.15, 0.2) is 0 Å². The molecule has 0 spiro atoms. The Kier molecular flexibility index (Phi) is 4.76. The second kappa shape index (κ2) is 6.43. The molecular weight excluding hydrogens is 344 g/mol. The van der Waals surface area contributed by atoms with Crippen molar-refractivity contribution >= 4 is 33.0 Å². The minimum atomic E-state index is -4.01. The van der Waals surface area contributed by atoms with E-state index in [9.17, 15) is 18.5 Å². The fraction of sp³-hybridized carbons (Fsp3) is 0.143. The van der Waals surface area contributed by atoms with Crippen molar-refractivity contribution < 1.29 is 18.1 Å². The van der Waals surface area contributed by atoms with Crippen molar-refractivity contribution in [2.45, 2.75) is 11.8 Å². The predicted molar refractivity (Wildman–Crippen MR) is 86.6 cm³/mol. The predicted octanol–water partition coefficient (Wildman–Crippen LogP) is 3.37. The van der Waals surface area contributed by atoms with E-state index in [0.717, 1.165) is 6.07 Å². The van der Waals surface area contributed by atoms with E-state index in [2.05, 4.69) is 4.72 Å². The summed E-state index contributed by atoms with van der Waals surface area (Å²) in [5, 5.41) is 11.0. The van der Waals surface area contributed by atoms with Gasteiger partial charge in [0.1, 0.15) is 5.75 Å². The van der Waals surface area contributed by atoms with Crippen LogP contribution < -0.4 is 9.46 Å². The molecule has 0 aliphatic heterocycles. The molecule has 0 atom stereocenters. The summed E-state index contributed by atoms with van der Waals surface area (Å²) in [5.74, 6) is 0.571. The van der Waals surface area contributed by atoms with Crippen LogP contribution in [0.4, 0.5) is 11.4 Å². The van der Waals surface area contributed by atoms with Crippen molar-refractivity contribution in [2.24, 2.45) is 0 Å². The molecule has 0 aliphatic rings. The van der Waals surface area contributed by atoms with Crippen molar-refractivity contribution in [1.82, 2.24) is 0 Å². The Morgan fingerprint density at radius 3 is 2.35 bits per heavy atom. The van der Waals surface area contributed by atoms with E-state index in [4.69, 9.17) is 16.3 Å². The number of methoxy groups -OCH3 is 1. The third-order valence-corrected chi connectivity index (χ3v) is 4.89. The molecule has 0 radical (unpaired) electrons. The first kappa shape index (κ1) is 17.0. The van der Waals surface area contributed by atoms with Crippen LogP contribution >= 0.6 is 11.6 Å². The van der Waals surface area contributed by atoms with Crippen LogP contribution in [0.2, 0.25) is 5.02 Å². The van der Waals surface area contributed by atoms with E-state index in [0.29, 0.717) is 11.4 Å². The summed E-state index contributed by atoms with van der Waals surface area (Å²) >= 11 is 5.90. The average Bonchev–Trinajstić information content (AvgIpc) is 2.49. The number of hydrogen-bond donors (Lipinski definition) is 1. The summed E-state index contributed by atoms with van der Waals surface area (Å²) in [6, 6.07) is 8.36. The van der Waals surface area contributed by atoms with Crippen molar-refractivity contribution in [3.8, 4) is 5.75 Å². The van der Waals surface area contributed by atoms with E-state index in [1.807, 2.05) is 0 Å². The van der Waals surface area contributed by atoms with Crippen molar-refractivity contribution in [3.63, 3.8) is 0 Å². The number of benzene rings is 2. The van der Waals surface area contributed by atoms with Gasteiger partial charge in [-0.3, -0.25) is 14.8 Å². The van der Waals surface area contributed by atoms with Gasteiger partial charge in [-0.05, 0) is 37.3 Å². The lowest BCUT2D eigenvalue weighted by Crippen LogP contribution is -2.13. The van der Waals surface area contributed by atoms with Gasteiger partial charge in [-0.25, -0.2) is 8.42 Å². The van der Waals surface area contributed by atoms with Crippen LogP contribution in [0.15, 0.2) is 41.3 Å². The minimum Gasteiger partial charge on any atom is -0.497 e. The number of nitro groups is 1. The number of anilines is 1. The first-order valence-corrected chi connectivity index (χ1v) is 8.22. The van der Waals surface area contributed by atoms with E-state index < -0.39 is 14.9 Å². The Bertz CT molecular complexity index is 850. The molecule has 1 N–H and O–H groups in total. The molecule has 0 aliphatic carbocycles. The number of rotatable bonds is 5. The Morgan fingerprint density at radius 1 is 1.22 bits per heavy atom. The van der Waals surface area contributed by atoms with E-state index >= 15 is 0 Å². The van der Waals surface area contributed by atoms with Crippen LogP contribution in [0.5, 0.6) is 5.75 Å². The quantitative estimate of drug-likeness (QED) is 0.654. The number of hydrogen-bond acceptors (Lipinski definition) is 5. The molecule has 7 nitrogen and oxygen atoms in total. The number of nitro benzene ring substituents is 1. The molecule has 0 heterocycles. The monoisotopic (exact) mass is 356 g/mol. The average molecular weight is 357 g/mol. The van der Waals surface area contributed by atoms with Gasteiger partial charge in [0.25, 0.3) is 15.7 Å². The first-order chi connectivity index (χ1) is 10.7. The Morgan fingerprint density at radius 2 is 1.83 bits per heavy atom. The molecule has 23 heavy (non-hydrogen) atoms. The van der Waals surface area contributed by atoms with Crippen LogP contribution in [0.25, 0.3) is 0 Å². The molecule has 9 heteroatoms. The highest BCUT2D eigenvalue weighted by atomic mass is 35.5. The molecule has 0 bridgehead atoms. The fourth-order valence-electron chi connectivity index (χ4n) is 1.86. The van der Waals surface area contributed by atoms with Gasteiger partial charge in [-0.15, -0.1) is 0 Å². The Balaban J connectivity index is 2.41. The second-order valence-electron chi connectivity index (χ2n) is 4.64. The third kappa shape index (κ3) is 3.72. The van der Waals surface area contributed by atoms with Gasteiger partial charge >= 0.3 is 0 Å². The zero-order valence-corrected chi connectivity index (χ0v) is 13.8. The zero-order chi connectivity index (χ0) is 17.2.